The summed E-state index contributed by atoms with van der Waals surface area (Å²) < 4.78 is 7.35. The van der Waals surface area contributed by atoms with E-state index in [0.717, 1.165) is 54.0 Å². The number of ether oxygens (including phenoxy) is 1. The van der Waals surface area contributed by atoms with Gasteiger partial charge in [0.1, 0.15) is 11.6 Å². The van der Waals surface area contributed by atoms with E-state index < -0.39 is 0 Å². The minimum absolute atomic E-state index is 0.120. The van der Waals surface area contributed by atoms with Gasteiger partial charge in [0.2, 0.25) is 0 Å². The topological polar surface area (TPSA) is 59.7 Å². The second-order valence-corrected chi connectivity index (χ2v) is 8.23. The van der Waals surface area contributed by atoms with Gasteiger partial charge in [0.05, 0.1) is 23.7 Å². The number of anilines is 1. The molecule has 6 heteroatoms. The van der Waals surface area contributed by atoms with Gasteiger partial charge in [-0.25, -0.2) is 4.98 Å². The highest BCUT2D eigenvalue weighted by atomic mass is 16.5. The maximum Gasteiger partial charge on any atom is 0.282 e. The van der Waals surface area contributed by atoms with Crippen molar-refractivity contribution in [3.8, 4) is 5.75 Å². The van der Waals surface area contributed by atoms with Crippen LogP contribution >= 0.6 is 0 Å². The third-order valence-electron chi connectivity index (χ3n) is 5.87. The number of hydrogen-bond donors (Lipinski definition) is 0. The smallest absolute Gasteiger partial charge is 0.282 e. The molecule has 0 saturated heterocycles. The molecule has 1 fully saturated rings. The quantitative estimate of drug-likeness (QED) is 0.540. The zero-order chi connectivity index (χ0) is 21.8. The molecule has 6 nitrogen and oxygen atoms in total. The predicted molar refractivity (Wildman–Crippen MR) is 127 cm³/mol. The number of para-hydroxylation sites is 1. The summed E-state index contributed by atoms with van der Waals surface area (Å²) in [4.78, 5) is 20.2. The zero-order valence-corrected chi connectivity index (χ0v) is 18.5. The molecule has 0 radical (unpaired) electrons. The third kappa shape index (κ3) is 4.48. The van der Waals surface area contributed by atoms with Crippen molar-refractivity contribution < 1.29 is 4.74 Å². The Hall–Kier alpha value is -3.15. The molecule has 0 unspecified atom stereocenters. The molecule has 0 aliphatic heterocycles. The van der Waals surface area contributed by atoms with Crippen LogP contribution in [0, 0.1) is 0 Å². The van der Waals surface area contributed by atoms with Crippen LogP contribution < -0.4 is 15.2 Å². The molecular formula is C25H30N4O2. The van der Waals surface area contributed by atoms with E-state index in [2.05, 4.69) is 5.10 Å². The summed E-state index contributed by atoms with van der Waals surface area (Å²) in [5, 5.41) is 5.23. The lowest BCUT2D eigenvalue weighted by Crippen LogP contribution is -2.25. The van der Waals surface area contributed by atoms with Crippen LogP contribution in [0.3, 0.4) is 0 Å². The van der Waals surface area contributed by atoms with Crippen LogP contribution in [0.25, 0.3) is 10.9 Å². The molecular weight excluding hydrogens is 388 g/mol. The fraction of sp³-hybridized carbons (Fsp3) is 0.400. The largest absolute Gasteiger partial charge is 0.493 e. The summed E-state index contributed by atoms with van der Waals surface area (Å²) >= 11 is 0. The molecule has 0 N–H and O–H groups in total. The minimum atomic E-state index is -0.120. The summed E-state index contributed by atoms with van der Waals surface area (Å²) in [5.74, 6) is 1.77. The average molecular weight is 419 g/mol. The Morgan fingerprint density at radius 2 is 1.94 bits per heavy atom. The van der Waals surface area contributed by atoms with Gasteiger partial charge < -0.3 is 9.64 Å². The van der Waals surface area contributed by atoms with E-state index in [0.29, 0.717) is 12.0 Å². The van der Waals surface area contributed by atoms with Gasteiger partial charge in [-0.2, -0.15) is 9.78 Å². The molecule has 4 rings (SSSR count). The molecule has 3 aromatic rings. The van der Waals surface area contributed by atoms with Crippen LogP contribution in [0.15, 0.2) is 52.4 Å². The third-order valence-corrected chi connectivity index (χ3v) is 5.87. The van der Waals surface area contributed by atoms with E-state index in [1.807, 2.05) is 68.4 Å². The molecule has 0 spiro atoms. The maximum atomic E-state index is 13.3. The van der Waals surface area contributed by atoms with Gasteiger partial charge in [-0.1, -0.05) is 31.4 Å². The Morgan fingerprint density at radius 1 is 1.16 bits per heavy atom. The van der Waals surface area contributed by atoms with Crippen molar-refractivity contribution in [3.05, 3.63) is 64.2 Å². The van der Waals surface area contributed by atoms with E-state index >= 15 is 0 Å². The summed E-state index contributed by atoms with van der Waals surface area (Å²) in [5.41, 5.74) is 2.50. The lowest BCUT2D eigenvalue weighted by Gasteiger charge is -2.22. The standard InChI is InChI=1S/C25H30N4O2/c1-4-31-23-16-20(28(2)3)15-14-19(23)17-26-29-24(18-10-6-5-7-11-18)27-22-13-9-8-12-21(22)25(29)30/h8-9,12-18H,4-7,10-11H2,1-3H3. The normalized spacial score (nSPS) is 14.9. The molecule has 1 aliphatic rings. The number of benzene rings is 2. The van der Waals surface area contributed by atoms with E-state index in [4.69, 9.17) is 9.72 Å². The highest BCUT2D eigenvalue weighted by Gasteiger charge is 2.22. The van der Waals surface area contributed by atoms with Crippen LogP contribution in [0.2, 0.25) is 0 Å². The lowest BCUT2D eigenvalue weighted by atomic mass is 9.88. The first-order chi connectivity index (χ1) is 15.1. The van der Waals surface area contributed by atoms with Crippen LogP contribution in [0.5, 0.6) is 5.75 Å². The van der Waals surface area contributed by atoms with Gasteiger partial charge in [0.25, 0.3) is 5.56 Å². The van der Waals surface area contributed by atoms with E-state index in [1.54, 1.807) is 6.21 Å². The zero-order valence-electron chi connectivity index (χ0n) is 18.5. The minimum Gasteiger partial charge on any atom is -0.493 e. The SMILES string of the molecule is CCOc1cc(N(C)C)ccc1C=Nn1c(C2CCCCC2)nc2ccccc2c1=O. The lowest BCUT2D eigenvalue weighted by molar-refractivity contribution is 0.340. The maximum absolute atomic E-state index is 13.3. The van der Waals surface area contributed by atoms with Gasteiger partial charge in [0.15, 0.2) is 0 Å². The van der Waals surface area contributed by atoms with Crippen LogP contribution in [-0.4, -0.2) is 36.6 Å². The Labute approximate surface area is 183 Å². The number of rotatable bonds is 6. The summed E-state index contributed by atoms with van der Waals surface area (Å²) in [6.07, 6.45) is 7.38. The van der Waals surface area contributed by atoms with E-state index in [1.165, 1.54) is 11.1 Å². The van der Waals surface area contributed by atoms with Crippen molar-refractivity contribution in [2.24, 2.45) is 5.10 Å². The number of hydrogen-bond acceptors (Lipinski definition) is 5. The highest BCUT2D eigenvalue weighted by molar-refractivity contribution is 5.85. The molecule has 0 atom stereocenters. The first-order valence-electron chi connectivity index (χ1n) is 11.1. The fourth-order valence-electron chi connectivity index (χ4n) is 4.19. The predicted octanol–water partition coefficient (Wildman–Crippen LogP) is 4.79. The highest BCUT2D eigenvalue weighted by Crippen LogP contribution is 2.32. The average Bonchev–Trinajstić information content (AvgIpc) is 2.79. The number of aromatic nitrogens is 2. The molecule has 2 aromatic carbocycles. The van der Waals surface area contributed by atoms with Crippen molar-refractivity contribution >= 4 is 22.8 Å². The van der Waals surface area contributed by atoms with Gasteiger partial charge in [-0.05, 0) is 44.0 Å². The summed E-state index contributed by atoms with van der Waals surface area (Å²) in [7, 11) is 3.99. The van der Waals surface area contributed by atoms with Gasteiger partial charge >= 0.3 is 0 Å². The Kier molecular flexibility index (Phi) is 6.35. The first kappa shape index (κ1) is 21.1. The Bertz CT molecular complexity index is 1140. The molecule has 162 valence electrons. The van der Waals surface area contributed by atoms with Crippen LogP contribution in [-0.2, 0) is 0 Å². The fourth-order valence-corrected chi connectivity index (χ4v) is 4.19. The monoisotopic (exact) mass is 418 g/mol. The van der Waals surface area contributed by atoms with Crippen molar-refractivity contribution in [2.45, 2.75) is 44.9 Å². The van der Waals surface area contributed by atoms with Crippen LogP contribution in [0.1, 0.15) is 56.3 Å². The van der Waals surface area contributed by atoms with Gasteiger partial charge in [-0.3, -0.25) is 4.79 Å². The van der Waals surface area contributed by atoms with Crippen molar-refractivity contribution in [1.82, 2.24) is 9.66 Å². The molecule has 1 heterocycles. The van der Waals surface area contributed by atoms with E-state index in [-0.39, 0.29) is 11.5 Å². The molecule has 31 heavy (non-hydrogen) atoms. The van der Waals surface area contributed by atoms with Crippen molar-refractivity contribution in [3.63, 3.8) is 0 Å². The van der Waals surface area contributed by atoms with E-state index in [9.17, 15) is 4.79 Å². The van der Waals surface area contributed by atoms with Gasteiger partial charge in [0, 0.05) is 37.3 Å². The second-order valence-electron chi connectivity index (χ2n) is 8.23. The Morgan fingerprint density at radius 3 is 2.68 bits per heavy atom. The number of fused-ring (bicyclic) bond motifs is 1. The second kappa shape index (κ2) is 9.33. The molecule has 1 aromatic heterocycles. The van der Waals surface area contributed by atoms with Crippen LogP contribution in [0.4, 0.5) is 5.69 Å². The molecule has 0 bridgehead atoms. The van der Waals surface area contributed by atoms with Crippen molar-refractivity contribution in [1.29, 1.82) is 0 Å². The van der Waals surface area contributed by atoms with Crippen molar-refractivity contribution in [2.75, 3.05) is 25.6 Å². The Balaban J connectivity index is 1.81. The van der Waals surface area contributed by atoms with Gasteiger partial charge in [-0.15, -0.1) is 0 Å². The first-order valence-corrected chi connectivity index (χ1v) is 11.1. The number of nitrogens with zero attached hydrogens (tertiary/aromatic N) is 4. The molecule has 1 saturated carbocycles. The summed E-state index contributed by atoms with van der Waals surface area (Å²) in [6, 6.07) is 13.5. The molecule has 0 amide bonds. The summed E-state index contributed by atoms with van der Waals surface area (Å²) in [6.45, 7) is 2.52. The molecule has 1 aliphatic carbocycles.